The minimum atomic E-state index is -0.885. The molecule has 0 aliphatic carbocycles. The molecule has 11 nitrogen and oxygen atoms in total. The zero-order chi connectivity index (χ0) is 32.5. The lowest BCUT2D eigenvalue weighted by Crippen LogP contribution is -2.56. The molecule has 0 aliphatic heterocycles. The van der Waals surface area contributed by atoms with Gasteiger partial charge >= 0.3 is 5.82 Å². The molecule has 3 unspecified atom stereocenters. The first-order valence-corrected chi connectivity index (χ1v) is 15.7. The molecule has 1 heterocycles. The molecule has 0 aliphatic rings. The van der Waals surface area contributed by atoms with E-state index in [0.29, 0.717) is 43.1 Å². The second kappa shape index (κ2) is 19.4. The molecule has 3 N–H and O–H groups in total. The van der Waals surface area contributed by atoms with Crippen molar-refractivity contribution in [3.8, 4) is 5.75 Å². The second-order valence-corrected chi connectivity index (χ2v) is 11.3. The molecule has 0 fully saturated rings. The molecule has 1 aromatic carbocycles. The van der Waals surface area contributed by atoms with E-state index >= 15 is 0 Å². The minimum Gasteiger partial charge on any atom is -0.486 e. The van der Waals surface area contributed by atoms with Crippen LogP contribution in [-0.2, 0) is 32.2 Å². The molecule has 44 heavy (non-hydrogen) atoms. The standard InChI is InChI=1S/C33H49N3O8/c1-6-8-10-14-29(38)35-27(20-25-15-17-26(18-16-25)42-21-28-24(5)43-33(41)44-28)31(39)36-30(22(3)7-2)32(40)34-19-12-9-11-13-23(4)37/h15-18,22,27,30H,6-14,19-21H2,1-5H3,(H,34,40)(H,35,38)(H,36,39). The van der Waals surface area contributed by atoms with Crippen molar-refractivity contribution in [1.29, 1.82) is 0 Å². The van der Waals surface area contributed by atoms with Crippen molar-refractivity contribution in [1.82, 2.24) is 16.0 Å². The highest BCUT2D eigenvalue weighted by molar-refractivity contribution is 5.92. The van der Waals surface area contributed by atoms with E-state index in [1.54, 1.807) is 38.1 Å². The van der Waals surface area contributed by atoms with Gasteiger partial charge in [-0.15, -0.1) is 0 Å². The van der Waals surface area contributed by atoms with Gasteiger partial charge in [0.15, 0.2) is 11.5 Å². The van der Waals surface area contributed by atoms with Crippen molar-refractivity contribution in [3.05, 3.63) is 52.0 Å². The van der Waals surface area contributed by atoms with E-state index in [9.17, 15) is 24.0 Å². The van der Waals surface area contributed by atoms with Crippen LogP contribution in [0.25, 0.3) is 0 Å². The lowest BCUT2D eigenvalue weighted by Gasteiger charge is -2.26. The molecule has 1 aromatic heterocycles. The third-order valence-electron chi connectivity index (χ3n) is 7.53. The molecule has 0 bridgehead atoms. The summed E-state index contributed by atoms with van der Waals surface area (Å²) in [6.45, 7) is 9.58. The van der Waals surface area contributed by atoms with Gasteiger partial charge in [0.1, 0.15) is 30.2 Å². The smallest absolute Gasteiger partial charge is 0.486 e. The number of ether oxygens (including phenoxy) is 1. The molecule has 3 atom stereocenters. The fraction of sp³-hybridized carbons (Fsp3) is 0.606. The number of rotatable bonds is 21. The topological polar surface area (TPSA) is 157 Å². The Morgan fingerprint density at radius 1 is 0.886 bits per heavy atom. The number of Topliss-reactive ketones (excluding diaryl/α,β-unsaturated/α-hetero) is 1. The number of aryl methyl sites for hydroxylation is 1. The van der Waals surface area contributed by atoms with Gasteiger partial charge in [-0.2, -0.15) is 0 Å². The molecule has 0 spiro atoms. The van der Waals surface area contributed by atoms with Crippen LogP contribution >= 0.6 is 0 Å². The van der Waals surface area contributed by atoms with Crippen LogP contribution in [0.2, 0.25) is 0 Å². The number of carbonyl (C=O) groups excluding carboxylic acids is 4. The third kappa shape index (κ3) is 13.2. The fourth-order valence-electron chi connectivity index (χ4n) is 4.58. The predicted molar refractivity (Wildman–Crippen MR) is 166 cm³/mol. The predicted octanol–water partition coefficient (Wildman–Crippen LogP) is 4.52. The number of unbranched alkanes of at least 4 members (excludes halogenated alkanes) is 4. The largest absolute Gasteiger partial charge is 0.519 e. The van der Waals surface area contributed by atoms with Gasteiger partial charge in [0, 0.05) is 25.8 Å². The van der Waals surface area contributed by atoms with Crippen LogP contribution in [-0.4, -0.2) is 42.1 Å². The van der Waals surface area contributed by atoms with Crippen molar-refractivity contribution in [2.24, 2.45) is 5.92 Å². The van der Waals surface area contributed by atoms with E-state index in [-0.39, 0.29) is 36.5 Å². The van der Waals surface area contributed by atoms with Crippen molar-refractivity contribution < 1.29 is 32.7 Å². The Morgan fingerprint density at radius 2 is 1.59 bits per heavy atom. The monoisotopic (exact) mass is 615 g/mol. The van der Waals surface area contributed by atoms with Crippen LogP contribution in [0.15, 0.2) is 37.9 Å². The van der Waals surface area contributed by atoms with E-state index in [1.165, 1.54) is 0 Å². The summed E-state index contributed by atoms with van der Waals surface area (Å²) in [5.74, 6) is -0.495. The maximum absolute atomic E-state index is 13.6. The normalized spacial score (nSPS) is 13.0. The first-order valence-electron chi connectivity index (χ1n) is 15.7. The van der Waals surface area contributed by atoms with Gasteiger partial charge in [0.25, 0.3) is 0 Å². The van der Waals surface area contributed by atoms with Crippen molar-refractivity contribution >= 4 is 23.5 Å². The molecular weight excluding hydrogens is 566 g/mol. The zero-order valence-corrected chi connectivity index (χ0v) is 26.8. The quantitative estimate of drug-likeness (QED) is 0.173. The lowest BCUT2D eigenvalue weighted by molar-refractivity contribution is -0.133. The zero-order valence-electron chi connectivity index (χ0n) is 26.8. The summed E-state index contributed by atoms with van der Waals surface area (Å²) in [6, 6.07) is 5.40. The average molecular weight is 616 g/mol. The second-order valence-electron chi connectivity index (χ2n) is 11.3. The number of amides is 3. The third-order valence-corrected chi connectivity index (χ3v) is 7.53. The number of hydrogen-bond donors (Lipinski definition) is 3. The van der Waals surface area contributed by atoms with Gasteiger partial charge in [0.2, 0.25) is 17.7 Å². The Kier molecular flexibility index (Phi) is 16.0. The average Bonchev–Trinajstić information content (AvgIpc) is 3.32. The molecule has 2 rings (SSSR count). The minimum absolute atomic E-state index is 0.0211. The van der Waals surface area contributed by atoms with Crippen LogP contribution in [0.5, 0.6) is 5.75 Å². The fourth-order valence-corrected chi connectivity index (χ4v) is 4.58. The van der Waals surface area contributed by atoms with Crippen LogP contribution < -0.4 is 26.5 Å². The Balaban J connectivity index is 2.08. The Hall–Kier alpha value is -3.89. The molecule has 0 saturated heterocycles. The van der Waals surface area contributed by atoms with Gasteiger partial charge in [-0.05, 0) is 56.7 Å². The van der Waals surface area contributed by atoms with Gasteiger partial charge in [0.05, 0.1) is 0 Å². The molecule has 244 valence electrons. The highest BCUT2D eigenvalue weighted by Crippen LogP contribution is 2.17. The van der Waals surface area contributed by atoms with E-state index in [2.05, 4.69) is 22.9 Å². The van der Waals surface area contributed by atoms with Crippen LogP contribution in [0.3, 0.4) is 0 Å². The SMILES string of the molecule is CCCCCC(=O)NC(Cc1ccc(OCc2oc(=O)oc2C)cc1)C(=O)NC(C(=O)NCCCCCC(C)=O)C(C)CC. The molecule has 3 amide bonds. The van der Waals surface area contributed by atoms with Gasteiger partial charge in [-0.1, -0.05) is 58.6 Å². The summed E-state index contributed by atoms with van der Waals surface area (Å²) >= 11 is 0. The van der Waals surface area contributed by atoms with E-state index in [4.69, 9.17) is 13.6 Å². The van der Waals surface area contributed by atoms with Crippen molar-refractivity contribution in [3.63, 3.8) is 0 Å². The Morgan fingerprint density at radius 3 is 2.20 bits per heavy atom. The van der Waals surface area contributed by atoms with Crippen LogP contribution in [0, 0.1) is 12.8 Å². The van der Waals surface area contributed by atoms with Gasteiger partial charge in [-0.3, -0.25) is 14.4 Å². The highest BCUT2D eigenvalue weighted by atomic mass is 16.6. The molecule has 0 radical (unpaired) electrons. The first kappa shape index (κ1) is 36.3. The summed E-state index contributed by atoms with van der Waals surface area (Å²) in [5, 5.41) is 8.70. The number of benzene rings is 1. The summed E-state index contributed by atoms with van der Waals surface area (Å²) in [6.07, 6.45) is 6.70. The summed E-state index contributed by atoms with van der Waals surface area (Å²) in [4.78, 5) is 61.8. The number of hydrogen-bond acceptors (Lipinski definition) is 8. The number of nitrogens with one attached hydrogen (secondary N) is 3. The van der Waals surface area contributed by atoms with Gasteiger partial charge in [-0.25, -0.2) is 4.79 Å². The summed E-state index contributed by atoms with van der Waals surface area (Å²) < 4.78 is 15.5. The summed E-state index contributed by atoms with van der Waals surface area (Å²) in [7, 11) is 0. The van der Waals surface area contributed by atoms with Crippen molar-refractivity contribution in [2.75, 3.05) is 6.54 Å². The number of ketones is 1. The Labute approximate surface area is 259 Å². The van der Waals surface area contributed by atoms with E-state index in [1.807, 2.05) is 13.8 Å². The summed E-state index contributed by atoms with van der Waals surface area (Å²) in [5.41, 5.74) is 0.785. The van der Waals surface area contributed by atoms with Crippen LogP contribution in [0.4, 0.5) is 0 Å². The molecule has 2 aromatic rings. The van der Waals surface area contributed by atoms with Crippen molar-refractivity contribution in [2.45, 2.75) is 118 Å². The first-order chi connectivity index (χ1) is 21.0. The molecule has 11 heteroatoms. The van der Waals surface area contributed by atoms with Gasteiger partial charge < -0.3 is 34.3 Å². The molecule has 0 saturated carbocycles. The maximum Gasteiger partial charge on any atom is 0.519 e. The maximum atomic E-state index is 13.6. The van der Waals surface area contributed by atoms with E-state index < -0.39 is 23.8 Å². The lowest BCUT2D eigenvalue weighted by atomic mass is 9.97. The van der Waals surface area contributed by atoms with Crippen LogP contribution in [0.1, 0.15) is 103 Å². The highest BCUT2D eigenvalue weighted by Gasteiger charge is 2.30. The van der Waals surface area contributed by atoms with E-state index in [0.717, 1.165) is 44.1 Å². The molecular formula is C33H49N3O8. The Bertz CT molecular complexity index is 1250. The number of carbonyl (C=O) groups is 4.